The average Bonchev–Trinajstić information content (AvgIpc) is 3.19. The monoisotopic (exact) mass is 427 g/mol. The summed E-state index contributed by atoms with van der Waals surface area (Å²) in [4.78, 5) is 28.5. The molecule has 0 aromatic carbocycles. The van der Waals surface area contributed by atoms with Crippen LogP contribution in [0.25, 0.3) is 0 Å². The summed E-state index contributed by atoms with van der Waals surface area (Å²) in [6.07, 6.45) is 3.56. The lowest BCUT2D eigenvalue weighted by Gasteiger charge is -2.29. The number of rotatable bonds is 6. The molecule has 1 aliphatic carbocycles. The largest absolute Gasteiger partial charge is 0.451 e. The molecule has 2 aliphatic rings. The highest BCUT2D eigenvalue weighted by atomic mass is 32.2. The van der Waals surface area contributed by atoms with Gasteiger partial charge in [-0.15, -0.1) is 11.3 Å². The molecule has 1 saturated heterocycles. The van der Waals surface area contributed by atoms with Gasteiger partial charge in [0.25, 0.3) is 5.91 Å². The second-order valence-corrected chi connectivity index (χ2v) is 11.8. The molecule has 8 heteroatoms. The van der Waals surface area contributed by atoms with Gasteiger partial charge in [-0.05, 0) is 49.1 Å². The number of carbonyl (C=O) groups is 2. The molecule has 1 amide bonds. The number of thiophene rings is 1. The van der Waals surface area contributed by atoms with E-state index in [4.69, 9.17) is 4.74 Å². The van der Waals surface area contributed by atoms with Gasteiger partial charge in [-0.1, -0.05) is 20.8 Å². The van der Waals surface area contributed by atoms with Gasteiger partial charge in [0.15, 0.2) is 16.4 Å². The van der Waals surface area contributed by atoms with Crippen molar-refractivity contribution in [1.82, 2.24) is 4.90 Å². The Kier molecular flexibility index (Phi) is 6.49. The first-order valence-electron chi connectivity index (χ1n) is 9.93. The molecule has 2 unspecified atom stereocenters. The number of fused-ring (bicyclic) bond motifs is 1. The van der Waals surface area contributed by atoms with E-state index in [0.29, 0.717) is 23.8 Å². The van der Waals surface area contributed by atoms with Gasteiger partial charge >= 0.3 is 5.97 Å². The minimum atomic E-state index is -3.09. The Morgan fingerprint density at radius 3 is 2.71 bits per heavy atom. The minimum Gasteiger partial charge on any atom is -0.451 e. The Labute approximate surface area is 171 Å². The lowest BCUT2D eigenvalue weighted by molar-refractivity contribution is -0.137. The predicted molar refractivity (Wildman–Crippen MR) is 109 cm³/mol. The van der Waals surface area contributed by atoms with Crippen LogP contribution in [0.1, 0.15) is 53.7 Å². The topological polar surface area (TPSA) is 80.8 Å². The van der Waals surface area contributed by atoms with Gasteiger partial charge in [0.2, 0.25) is 0 Å². The Hall–Kier alpha value is -1.41. The molecule has 6 nitrogen and oxygen atoms in total. The van der Waals surface area contributed by atoms with Crippen molar-refractivity contribution in [1.29, 1.82) is 0 Å². The maximum absolute atomic E-state index is 12.7. The van der Waals surface area contributed by atoms with Gasteiger partial charge < -0.3 is 9.64 Å². The molecular weight excluding hydrogens is 398 g/mol. The van der Waals surface area contributed by atoms with Gasteiger partial charge in [0, 0.05) is 17.5 Å². The summed E-state index contributed by atoms with van der Waals surface area (Å²) in [5.74, 6) is 0.144. The van der Waals surface area contributed by atoms with Gasteiger partial charge in [-0.2, -0.15) is 0 Å². The van der Waals surface area contributed by atoms with E-state index in [1.807, 2.05) is 19.9 Å². The van der Waals surface area contributed by atoms with Gasteiger partial charge in [-0.25, -0.2) is 13.2 Å². The third-order valence-corrected chi connectivity index (χ3v) is 8.36. The van der Waals surface area contributed by atoms with E-state index in [9.17, 15) is 18.0 Å². The van der Waals surface area contributed by atoms with E-state index in [0.717, 1.165) is 19.3 Å². The molecule has 2 heterocycles. The van der Waals surface area contributed by atoms with Gasteiger partial charge in [-0.3, -0.25) is 4.79 Å². The van der Waals surface area contributed by atoms with Crippen molar-refractivity contribution in [2.24, 2.45) is 11.8 Å². The quantitative estimate of drug-likeness (QED) is 0.652. The third-order valence-electron chi connectivity index (χ3n) is 5.39. The number of sulfone groups is 1. The van der Waals surface area contributed by atoms with E-state index >= 15 is 0 Å². The normalized spacial score (nSPS) is 23.4. The summed E-state index contributed by atoms with van der Waals surface area (Å²) in [5, 5.41) is 0. The summed E-state index contributed by atoms with van der Waals surface area (Å²) in [6, 6.07) is 1.58. The number of ether oxygens (including phenoxy) is 1. The average molecular weight is 428 g/mol. The number of hydrogen-bond acceptors (Lipinski definition) is 6. The summed E-state index contributed by atoms with van der Waals surface area (Å²) in [5.41, 5.74) is 1.22. The van der Waals surface area contributed by atoms with Gasteiger partial charge in [0.1, 0.15) is 4.88 Å². The van der Waals surface area contributed by atoms with Crippen LogP contribution in [-0.2, 0) is 32.2 Å². The fraction of sp³-hybridized carbons (Fsp3) is 0.700. The Morgan fingerprint density at radius 1 is 1.32 bits per heavy atom. The molecule has 156 valence electrons. The summed E-state index contributed by atoms with van der Waals surface area (Å²) >= 11 is 1.46. The van der Waals surface area contributed by atoms with Crippen molar-refractivity contribution >= 4 is 33.1 Å². The molecule has 0 saturated carbocycles. The van der Waals surface area contributed by atoms with E-state index in [-0.39, 0.29) is 36.0 Å². The number of aryl methyl sites for hydroxylation is 1. The zero-order valence-corrected chi connectivity index (χ0v) is 18.4. The summed E-state index contributed by atoms with van der Waals surface area (Å²) < 4.78 is 28.9. The lowest BCUT2D eigenvalue weighted by Crippen LogP contribution is -2.45. The molecule has 3 rings (SSSR count). The van der Waals surface area contributed by atoms with Crippen molar-refractivity contribution < 1.29 is 22.7 Å². The molecule has 1 fully saturated rings. The molecule has 0 bridgehead atoms. The van der Waals surface area contributed by atoms with Crippen LogP contribution in [0, 0.1) is 11.8 Å². The lowest BCUT2D eigenvalue weighted by atomic mass is 9.90. The van der Waals surface area contributed by atoms with E-state index in [1.165, 1.54) is 21.8 Å². The first-order valence-corrected chi connectivity index (χ1v) is 12.6. The maximum atomic E-state index is 12.7. The first-order chi connectivity index (χ1) is 13.1. The molecule has 0 spiro atoms. The van der Waals surface area contributed by atoms with Crippen LogP contribution in [0.2, 0.25) is 0 Å². The van der Waals surface area contributed by atoms with Crippen LogP contribution in [-0.4, -0.2) is 55.9 Å². The highest BCUT2D eigenvalue weighted by Crippen LogP contribution is 2.32. The fourth-order valence-electron chi connectivity index (χ4n) is 3.96. The number of hydrogen-bond donors (Lipinski definition) is 0. The van der Waals surface area contributed by atoms with E-state index in [1.54, 1.807) is 4.90 Å². The number of esters is 1. The fourth-order valence-corrected chi connectivity index (χ4v) is 6.79. The number of amides is 1. The Bertz CT molecular complexity index is 843. The summed E-state index contributed by atoms with van der Waals surface area (Å²) in [6.45, 7) is 6.28. The van der Waals surface area contributed by atoms with Crippen LogP contribution in [0.5, 0.6) is 0 Å². The zero-order valence-electron chi connectivity index (χ0n) is 16.8. The van der Waals surface area contributed by atoms with Crippen LogP contribution >= 0.6 is 11.3 Å². The molecule has 0 N–H and O–H groups in total. The Balaban J connectivity index is 1.61. The van der Waals surface area contributed by atoms with Crippen molar-refractivity contribution in [3.8, 4) is 0 Å². The molecule has 2 atom stereocenters. The second-order valence-electron chi connectivity index (χ2n) is 8.48. The molecule has 0 radical (unpaired) electrons. The first kappa shape index (κ1) is 21.3. The van der Waals surface area contributed by atoms with Crippen LogP contribution in [0.4, 0.5) is 0 Å². The van der Waals surface area contributed by atoms with Crippen LogP contribution in [0.15, 0.2) is 6.07 Å². The molecule has 1 aromatic heterocycles. The third kappa shape index (κ3) is 5.14. The highest BCUT2D eigenvalue weighted by Gasteiger charge is 2.35. The van der Waals surface area contributed by atoms with Crippen molar-refractivity contribution in [3.05, 3.63) is 21.4 Å². The summed E-state index contributed by atoms with van der Waals surface area (Å²) in [7, 11) is -3.09. The smallest absolute Gasteiger partial charge is 0.348 e. The van der Waals surface area contributed by atoms with Gasteiger partial charge in [0.05, 0.1) is 11.5 Å². The minimum absolute atomic E-state index is 0.00473. The van der Waals surface area contributed by atoms with Crippen molar-refractivity contribution in [2.45, 2.75) is 52.5 Å². The number of nitrogens with zero attached hydrogens (tertiary/aromatic N) is 1. The predicted octanol–water partition coefficient (Wildman–Crippen LogP) is 2.70. The highest BCUT2D eigenvalue weighted by molar-refractivity contribution is 7.91. The van der Waals surface area contributed by atoms with Crippen molar-refractivity contribution in [2.75, 3.05) is 24.7 Å². The maximum Gasteiger partial charge on any atom is 0.348 e. The molecule has 28 heavy (non-hydrogen) atoms. The SMILES string of the molecule is CC(C)CN(C(=O)COC(=O)c1cc2c(s1)CCC(C)C2)C1CCS(=O)(=O)C1. The molecule has 1 aliphatic heterocycles. The van der Waals surface area contributed by atoms with Crippen molar-refractivity contribution in [3.63, 3.8) is 0 Å². The number of carbonyl (C=O) groups excluding carboxylic acids is 2. The Morgan fingerprint density at radius 2 is 2.07 bits per heavy atom. The van der Waals surface area contributed by atoms with Crippen LogP contribution < -0.4 is 0 Å². The van der Waals surface area contributed by atoms with Crippen LogP contribution in [0.3, 0.4) is 0 Å². The zero-order chi connectivity index (χ0) is 20.5. The standard InChI is InChI=1S/C20H29NO5S2/c1-13(2)10-21(16-6-7-28(24,25)12-16)19(22)11-26-20(23)18-9-15-8-14(3)4-5-17(15)27-18/h9,13-14,16H,4-8,10-12H2,1-3H3. The molecular formula is C20H29NO5S2. The molecule has 1 aromatic rings. The van der Waals surface area contributed by atoms with E-state index in [2.05, 4.69) is 6.92 Å². The second kappa shape index (κ2) is 8.53. The van der Waals surface area contributed by atoms with E-state index < -0.39 is 15.8 Å².